The second-order valence-corrected chi connectivity index (χ2v) is 6.13. The zero-order chi connectivity index (χ0) is 16.2. The molecule has 21 heavy (non-hydrogen) atoms. The van der Waals surface area contributed by atoms with Crippen molar-refractivity contribution in [3.63, 3.8) is 0 Å². The number of carbonyl (C=O) groups excluding carboxylic acids is 1. The molecule has 1 heterocycles. The maximum atomic E-state index is 14.0. The first kappa shape index (κ1) is 17.4. The van der Waals surface area contributed by atoms with Gasteiger partial charge in [0.25, 0.3) is 0 Å². The van der Waals surface area contributed by atoms with Gasteiger partial charge in [0, 0.05) is 12.1 Å². The fraction of sp³-hybridized carbons (Fsp3) is 0.562. The van der Waals surface area contributed by atoms with Crippen molar-refractivity contribution >= 4 is 6.09 Å². The number of hydrogen-bond donors (Lipinski definition) is 0. The first-order valence-corrected chi connectivity index (χ1v) is 7.00. The lowest BCUT2D eigenvalue weighted by Gasteiger charge is -2.29. The van der Waals surface area contributed by atoms with Crippen molar-refractivity contribution in [2.75, 3.05) is 6.54 Å². The van der Waals surface area contributed by atoms with Crippen molar-refractivity contribution in [1.29, 1.82) is 0 Å². The Kier molecular flexibility index (Phi) is 5.70. The number of allylic oxidation sites excluding steroid dienone is 3. The van der Waals surface area contributed by atoms with Gasteiger partial charge in [0.1, 0.15) is 11.4 Å². The lowest BCUT2D eigenvalue weighted by atomic mass is 10.0. The van der Waals surface area contributed by atoms with E-state index in [-0.39, 0.29) is 5.57 Å². The molecule has 0 spiro atoms. The quantitative estimate of drug-likeness (QED) is 0.709. The van der Waals surface area contributed by atoms with Crippen molar-refractivity contribution < 1.29 is 18.3 Å². The van der Waals surface area contributed by atoms with Crippen LogP contribution in [-0.4, -0.2) is 29.2 Å². The molecule has 1 saturated heterocycles. The lowest BCUT2D eigenvalue weighted by Crippen LogP contribution is -2.40. The van der Waals surface area contributed by atoms with Gasteiger partial charge in [-0.15, -0.1) is 0 Å². The van der Waals surface area contributed by atoms with E-state index < -0.39 is 29.4 Å². The number of carbonyl (C=O) groups is 1. The third-order valence-corrected chi connectivity index (χ3v) is 3.05. The molecule has 118 valence electrons. The molecule has 3 nitrogen and oxygen atoms in total. The zero-order valence-corrected chi connectivity index (χ0v) is 13.1. The van der Waals surface area contributed by atoms with Gasteiger partial charge in [-0.1, -0.05) is 6.58 Å². The topological polar surface area (TPSA) is 29.5 Å². The second-order valence-electron chi connectivity index (χ2n) is 6.13. The van der Waals surface area contributed by atoms with Gasteiger partial charge in [0.2, 0.25) is 0 Å². The van der Waals surface area contributed by atoms with Crippen LogP contribution in [0.15, 0.2) is 36.0 Å². The van der Waals surface area contributed by atoms with Gasteiger partial charge in [-0.05, 0) is 52.7 Å². The Balaban J connectivity index is 2.82. The van der Waals surface area contributed by atoms with E-state index in [1.54, 1.807) is 20.8 Å². The molecule has 1 aliphatic rings. The Hall–Kier alpha value is -1.65. The molecule has 0 bridgehead atoms. The summed E-state index contributed by atoms with van der Waals surface area (Å²) in [5.74, 6) is -1.11. The first-order valence-electron chi connectivity index (χ1n) is 7.00. The molecule has 0 N–H and O–H groups in total. The smallest absolute Gasteiger partial charge is 0.410 e. The SMILES string of the molecule is C=C(/C(F)=C\C=C(/C)F)[C@H]1CCCN1C(=O)OC(C)(C)C. The average molecular weight is 299 g/mol. The largest absolute Gasteiger partial charge is 0.444 e. The van der Waals surface area contributed by atoms with Crippen molar-refractivity contribution in [1.82, 2.24) is 4.90 Å². The van der Waals surface area contributed by atoms with Gasteiger partial charge in [-0.2, -0.15) is 0 Å². The highest BCUT2D eigenvalue weighted by Crippen LogP contribution is 2.29. The normalized spacial score (nSPS) is 20.7. The van der Waals surface area contributed by atoms with Gasteiger partial charge in [0.15, 0.2) is 0 Å². The van der Waals surface area contributed by atoms with E-state index in [0.717, 1.165) is 18.6 Å². The predicted octanol–water partition coefficient (Wildman–Crippen LogP) is 4.67. The van der Waals surface area contributed by atoms with Gasteiger partial charge >= 0.3 is 6.09 Å². The maximum Gasteiger partial charge on any atom is 0.410 e. The average Bonchev–Trinajstić information content (AvgIpc) is 2.81. The molecule has 0 aromatic rings. The zero-order valence-electron chi connectivity index (χ0n) is 13.1. The Labute approximate surface area is 125 Å². The highest BCUT2D eigenvalue weighted by Gasteiger charge is 2.34. The Morgan fingerprint density at radius 1 is 1.33 bits per heavy atom. The van der Waals surface area contributed by atoms with Crippen LogP contribution in [0.4, 0.5) is 13.6 Å². The lowest BCUT2D eigenvalue weighted by molar-refractivity contribution is 0.0249. The van der Waals surface area contributed by atoms with Gasteiger partial charge in [-0.3, -0.25) is 0 Å². The highest BCUT2D eigenvalue weighted by atomic mass is 19.1. The molecule has 0 unspecified atom stereocenters. The van der Waals surface area contributed by atoms with Crippen LogP contribution in [0.5, 0.6) is 0 Å². The van der Waals surface area contributed by atoms with Crippen LogP contribution in [0.3, 0.4) is 0 Å². The van der Waals surface area contributed by atoms with E-state index in [1.165, 1.54) is 11.8 Å². The van der Waals surface area contributed by atoms with Crippen LogP contribution >= 0.6 is 0 Å². The van der Waals surface area contributed by atoms with Crippen LogP contribution in [-0.2, 0) is 4.74 Å². The van der Waals surface area contributed by atoms with Gasteiger partial charge in [-0.25, -0.2) is 13.6 Å². The third kappa shape index (κ3) is 5.33. The number of likely N-dealkylation sites (tertiary alicyclic amines) is 1. The molecule has 1 atom stereocenters. The van der Waals surface area contributed by atoms with E-state index in [9.17, 15) is 13.6 Å². The summed E-state index contributed by atoms with van der Waals surface area (Å²) >= 11 is 0. The molecule has 1 fully saturated rings. The standard InChI is InChI=1S/C16H23F2NO2/c1-11(17)8-9-13(18)12(2)14-7-6-10-19(14)15(20)21-16(3,4)5/h8-9,14H,2,6-7,10H2,1,3-5H3/b11-8+,13-9+/t14-/m1/s1. The number of rotatable bonds is 3. The Morgan fingerprint density at radius 3 is 2.48 bits per heavy atom. The van der Waals surface area contributed by atoms with Gasteiger partial charge < -0.3 is 9.64 Å². The molecule has 0 saturated carbocycles. The second kappa shape index (κ2) is 6.87. The summed E-state index contributed by atoms with van der Waals surface area (Å²) in [6.07, 6.45) is 2.97. The van der Waals surface area contributed by atoms with Crippen LogP contribution in [0.25, 0.3) is 0 Å². The minimum atomic E-state index is -0.618. The minimum Gasteiger partial charge on any atom is -0.444 e. The summed E-state index contributed by atoms with van der Waals surface area (Å²) in [7, 11) is 0. The number of amides is 1. The monoisotopic (exact) mass is 299 g/mol. The Morgan fingerprint density at radius 2 is 1.95 bits per heavy atom. The maximum absolute atomic E-state index is 14.0. The number of hydrogen-bond acceptors (Lipinski definition) is 2. The van der Waals surface area contributed by atoms with Crippen molar-refractivity contribution in [2.24, 2.45) is 0 Å². The first-order chi connectivity index (χ1) is 9.61. The van der Waals surface area contributed by atoms with E-state index in [2.05, 4.69) is 6.58 Å². The molecule has 1 amide bonds. The van der Waals surface area contributed by atoms with Gasteiger partial charge in [0.05, 0.1) is 11.9 Å². The van der Waals surface area contributed by atoms with Crippen molar-refractivity contribution in [3.05, 3.63) is 36.0 Å². The summed E-state index contributed by atoms with van der Waals surface area (Å²) in [5.41, 5.74) is -0.426. The summed E-state index contributed by atoms with van der Waals surface area (Å²) in [6, 6.07) is -0.440. The highest BCUT2D eigenvalue weighted by molar-refractivity contribution is 5.69. The van der Waals surface area contributed by atoms with E-state index in [1.807, 2.05) is 0 Å². The fourth-order valence-corrected chi connectivity index (χ4v) is 2.12. The van der Waals surface area contributed by atoms with Crippen LogP contribution in [0.1, 0.15) is 40.5 Å². The summed E-state index contributed by atoms with van der Waals surface area (Å²) in [6.45, 7) is 10.8. The minimum absolute atomic E-state index is 0.177. The molecule has 1 rings (SSSR count). The Bertz CT molecular complexity index is 471. The summed E-state index contributed by atoms with van der Waals surface area (Å²) in [5, 5.41) is 0. The summed E-state index contributed by atoms with van der Waals surface area (Å²) < 4.78 is 31.9. The van der Waals surface area contributed by atoms with E-state index in [4.69, 9.17) is 4.74 Å². The molecular weight excluding hydrogens is 276 g/mol. The third-order valence-electron chi connectivity index (χ3n) is 3.05. The molecule has 5 heteroatoms. The summed E-state index contributed by atoms with van der Waals surface area (Å²) in [4.78, 5) is 13.6. The number of ether oxygens (including phenoxy) is 1. The molecule has 1 aliphatic heterocycles. The fourth-order valence-electron chi connectivity index (χ4n) is 2.12. The van der Waals surface area contributed by atoms with Crippen molar-refractivity contribution in [2.45, 2.75) is 52.2 Å². The molecule has 0 radical (unpaired) electrons. The predicted molar refractivity (Wildman–Crippen MR) is 79.2 cm³/mol. The van der Waals surface area contributed by atoms with Crippen LogP contribution in [0.2, 0.25) is 0 Å². The number of halogens is 2. The molecule has 0 aromatic carbocycles. The molecule has 0 aromatic heterocycles. The van der Waals surface area contributed by atoms with Crippen LogP contribution < -0.4 is 0 Å². The van der Waals surface area contributed by atoms with E-state index >= 15 is 0 Å². The molecule has 0 aliphatic carbocycles. The van der Waals surface area contributed by atoms with E-state index in [0.29, 0.717) is 13.0 Å². The van der Waals surface area contributed by atoms with Crippen LogP contribution in [0, 0.1) is 0 Å². The molecular formula is C16H23F2NO2. The number of nitrogens with zero attached hydrogens (tertiary/aromatic N) is 1. The van der Waals surface area contributed by atoms with Crippen molar-refractivity contribution in [3.8, 4) is 0 Å².